The Balaban J connectivity index is 2.76. The first-order valence-corrected chi connectivity index (χ1v) is 8.59. The Bertz CT molecular complexity index is 568. The van der Waals surface area contributed by atoms with Crippen LogP contribution in [0, 0.1) is 6.92 Å². The number of carbonyl (C=O) groups excluding carboxylic acids is 1. The van der Waals surface area contributed by atoms with Crippen LogP contribution in [0.2, 0.25) is 0 Å². The molecule has 2 N–H and O–H groups in total. The molecule has 0 aliphatic carbocycles. The number of hydrogen-bond acceptors (Lipinski definition) is 3. The number of rotatable bonds is 7. The van der Waals surface area contributed by atoms with Crippen molar-refractivity contribution in [2.75, 3.05) is 17.5 Å². The minimum absolute atomic E-state index is 0.183. The van der Waals surface area contributed by atoms with E-state index in [1.165, 1.54) is 0 Å². The zero-order valence-electron chi connectivity index (χ0n) is 12.2. The molecule has 0 aromatic heterocycles. The molecule has 1 amide bonds. The van der Waals surface area contributed by atoms with Crippen LogP contribution in [0.15, 0.2) is 18.2 Å². The van der Waals surface area contributed by atoms with Gasteiger partial charge < -0.3 is 5.32 Å². The second kappa shape index (κ2) is 7.28. The Labute approximate surface area is 120 Å². The largest absolute Gasteiger partial charge is 0.352 e. The summed E-state index contributed by atoms with van der Waals surface area (Å²) in [4.78, 5) is 11.9. The van der Waals surface area contributed by atoms with Gasteiger partial charge >= 0.3 is 0 Å². The van der Waals surface area contributed by atoms with Gasteiger partial charge in [-0.05, 0) is 31.0 Å². The van der Waals surface area contributed by atoms with Gasteiger partial charge in [0.2, 0.25) is 10.0 Å². The van der Waals surface area contributed by atoms with Gasteiger partial charge in [-0.2, -0.15) is 0 Å². The number of anilines is 1. The number of hydrogen-bond donors (Lipinski definition) is 2. The summed E-state index contributed by atoms with van der Waals surface area (Å²) in [6.07, 6.45) is 4.21. The molecule has 0 spiro atoms. The van der Waals surface area contributed by atoms with E-state index in [4.69, 9.17) is 0 Å². The predicted octanol–water partition coefficient (Wildman–Crippen LogP) is 2.29. The van der Waals surface area contributed by atoms with E-state index in [1.54, 1.807) is 25.1 Å². The number of amides is 1. The SMILES string of the molecule is CCCCCNC(=O)c1ccc(C)c(NS(C)(=O)=O)c1. The first-order chi connectivity index (χ1) is 9.33. The van der Waals surface area contributed by atoms with Crippen LogP contribution in [-0.2, 0) is 10.0 Å². The van der Waals surface area contributed by atoms with E-state index in [0.29, 0.717) is 17.8 Å². The smallest absolute Gasteiger partial charge is 0.251 e. The van der Waals surface area contributed by atoms with Crippen LogP contribution in [0.4, 0.5) is 5.69 Å². The highest BCUT2D eigenvalue weighted by atomic mass is 32.2. The summed E-state index contributed by atoms with van der Waals surface area (Å²) in [5.74, 6) is -0.183. The van der Waals surface area contributed by atoms with Crippen molar-refractivity contribution >= 4 is 21.6 Å². The monoisotopic (exact) mass is 298 g/mol. The maximum atomic E-state index is 11.9. The fraction of sp³-hybridized carbons (Fsp3) is 0.500. The molecular weight excluding hydrogens is 276 g/mol. The van der Waals surface area contributed by atoms with Crippen LogP contribution >= 0.6 is 0 Å². The van der Waals surface area contributed by atoms with Crippen molar-refractivity contribution in [3.05, 3.63) is 29.3 Å². The lowest BCUT2D eigenvalue weighted by atomic mass is 10.1. The van der Waals surface area contributed by atoms with Crippen LogP contribution in [0.5, 0.6) is 0 Å². The molecule has 5 nitrogen and oxygen atoms in total. The van der Waals surface area contributed by atoms with Gasteiger partial charge in [0.1, 0.15) is 0 Å². The molecule has 1 aromatic rings. The normalized spacial score (nSPS) is 11.2. The van der Waals surface area contributed by atoms with Gasteiger partial charge in [0.25, 0.3) is 5.91 Å². The molecule has 0 fully saturated rings. The highest BCUT2D eigenvalue weighted by molar-refractivity contribution is 7.92. The first kappa shape index (κ1) is 16.5. The van der Waals surface area contributed by atoms with Gasteiger partial charge in [-0.25, -0.2) is 8.42 Å². The first-order valence-electron chi connectivity index (χ1n) is 6.70. The third kappa shape index (κ3) is 5.61. The predicted molar refractivity (Wildman–Crippen MR) is 81.5 cm³/mol. The zero-order valence-corrected chi connectivity index (χ0v) is 13.0. The summed E-state index contributed by atoms with van der Waals surface area (Å²) in [6.45, 7) is 4.52. The number of nitrogens with one attached hydrogen (secondary N) is 2. The van der Waals surface area contributed by atoms with Crippen molar-refractivity contribution < 1.29 is 13.2 Å². The molecular formula is C14H22N2O3S. The second-order valence-corrected chi connectivity index (χ2v) is 6.62. The second-order valence-electron chi connectivity index (χ2n) is 4.87. The average Bonchev–Trinajstić information content (AvgIpc) is 2.35. The topological polar surface area (TPSA) is 75.3 Å². The van der Waals surface area contributed by atoms with Gasteiger partial charge in [-0.15, -0.1) is 0 Å². The molecule has 0 atom stereocenters. The Morgan fingerprint density at radius 2 is 1.95 bits per heavy atom. The van der Waals surface area contributed by atoms with Crippen LogP contribution in [0.3, 0.4) is 0 Å². The lowest BCUT2D eigenvalue weighted by molar-refractivity contribution is 0.0953. The maximum Gasteiger partial charge on any atom is 0.251 e. The quantitative estimate of drug-likeness (QED) is 0.758. The number of aryl methyl sites for hydroxylation is 1. The standard InChI is InChI=1S/C14H22N2O3S/c1-4-5-6-9-15-14(17)12-8-7-11(2)13(10-12)16-20(3,18)19/h7-8,10,16H,4-6,9H2,1-3H3,(H,15,17). The fourth-order valence-electron chi connectivity index (χ4n) is 1.75. The van der Waals surface area contributed by atoms with Gasteiger partial charge in [-0.1, -0.05) is 25.8 Å². The van der Waals surface area contributed by atoms with Gasteiger partial charge in [-0.3, -0.25) is 9.52 Å². The number of sulfonamides is 1. The van der Waals surface area contributed by atoms with Crippen molar-refractivity contribution in [2.45, 2.75) is 33.1 Å². The summed E-state index contributed by atoms with van der Waals surface area (Å²) in [7, 11) is -3.35. The summed E-state index contributed by atoms with van der Waals surface area (Å²) in [5.41, 5.74) is 1.67. The Morgan fingerprint density at radius 3 is 2.55 bits per heavy atom. The average molecular weight is 298 g/mol. The van der Waals surface area contributed by atoms with Crippen LogP contribution < -0.4 is 10.0 Å². The van der Waals surface area contributed by atoms with E-state index in [0.717, 1.165) is 31.1 Å². The number of carbonyl (C=O) groups is 1. The van der Waals surface area contributed by atoms with Gasteiger partial charge in [0, 0.05) is 12.1 Å². The zero-order chi connectivity index (χ0) is 15.2. The minimum atomic E-state index is -3.35. The van der Waals surface area contributed by atoms with Crippen molar-refractivity contribution in [1.82, 2.24) is 5.32 Å². The molecule has 6 heteroatoms. The maximum absolute atomic E-state index is 11.9. The molecule has 0 unspecified atom stereocenters. The van der Waals surface area contributed by atoms with Crippen molar-refractivity contribution in [3.8, 4) is 0 Å². The van der Waals surface area contributed by atoms with Crippen molar-refractivity contribution in [1.29, 1.82) is 0 Å². The highest BCUT2D eigenvalue weighted by Crippen LogP contribution is 2.18. The molecule has 20 heavy (non-hydrogen) atoms. The summed E-state index contributed by atoms with van der Waals surface area (Å²) < 4.78 is 24.9. The van der Waals surface area contributed by atoms with Gasteiger partial charge in [0.05, 0.1) is 11.9 Å². The van der Waals surface area contributed by atoms with E-state index in [-0.39, 0.29) is 5.91 Å². The third-order valence-electron chi connectivity index (χ3n) is 2.86. The molecule has 0 saturated carbocycles. The van der Waals surface area contributed by atoms with E-state index >= 15 is 0 Å². The number of benzene rings is 1. The van der Waals surface area contributed by atoms with Crippen LogP contribution in [-0.4, -0.2) is 27.1 Å². The van der Waals surface area contributed by atoms with E-state index in [2.05, 4.69) is 17.0 Å². The minimum Gasteiger partial charge on any atom is -0.352 e. The Morgan fingerprint density at radius 1 is 1.25 bits per heavy atom. The van der Waals surface area contributed by atoms with Crippen LogP contribution in [0.1, 0.15) is 42.1 Å². The molecule has 0 aliphatic heterocycles. The van der Waals surface area contributed by atoms with Crippen molar-refractivity contribution in [3.63, 3.8) is 0 Å². The fourth-order valence-corrected chi connectivity index (χ4v) is 2.37. The van der Waals surface area contributed by atoms with E-state index in [1.807, 2.05) is 0 Å². The van der Waals surface area contributed by atoms with Crippen molar-refractivity contribution in [2.24, 2.45) is 0 Å². The molecule has 1 rings (SSSR count). The molecule has 0 radical (unpaired) electrons. The Kier molecular flexibility index (Phi) is 6.01. The molecule has 0 aliphatic rings. The van der Waals surface area contributed by atoms with E-state index < -0.39 is 10.0 Å². The number of unbranched alkanes of at least 4 members (excludes halogenated alkanes) is 2. The lowest BCUT2D eigenvalue weighted by Gasteiger charge is -2.10. The van der Waals surface area contributed by atoms with Gasteiger partial charge in [0.15, 0.2) is 0 Å². The molecule has 0 heterocycles. The van der Waals surface area contributed by atoms with Crippen LogP contribution in [0.25, 0.3) is 0 Å². The summed E-state index contributed by atoms with van der Waals surface area (Å²) in [5, 5.41) is 2.83. The summed E-state index contributed by atoms with van der Waals surface area (Å²) >= 11 is 0. The van der Waals surface area contributed by atoms with E-state index in [9.17, 15) is 13.2 Å². The Hall–Kier alpha value is -1.56. The highest BCUT2D eigenvalue weighted by Gasteiger charge is 2.10. The third-order valence-corrected chi connectivity index (χ3v) is 3.45. The molecule has 0 bridgehead atoms. The molecule has 0 saturated heterocycles. The molecule has 112 valence electrons. The molecule has 1 aromatic carbocycles. The lowest BCUT2D eigenvalue weighted by Crippen LogP contribution is -2.24. The summed E-state index contributed by atoms with van der Waals surface area (Å²) in [6, 6.07) is 4.98.